The summed E-state index contributed by atoms with van der Waals surface area (Å²) in [5, 5.41) is 101. The lowest BCUT2D eigenvalue weighted by atomic mass is 9.97. The van der Waals surface area contributed by atoms with Gasteiger partial charge in [0, 0.05) is 45.4 Å². The molecule has 3 aliphatic heterocycles. The van der Waals surface area contributed by atoms with Gasteiger partial charge < -0.3 is 82.0 Å². The Kier molecular flexibility index (Phi) is 24.5. The minimum Gasteiger partial charge on any atom is -0.508 e. The highest BCUT2D eigenvalue weighted by molar-refractivity contribution is 6.02. The zero-order valence-corrected chi connectivity index (χ0v) is 43.4. The van der Waals surface area contributed by atoms with Crippen molar-refractivity contribution in [3.63, 3.8) is 0 Å². The summed E-state index contributed by atoms with van der Waals surface area (Å²) >= 11 is 0. The molecule has 25 heteroatoms. The van der Waals surface area contributed by atoms with E-state index in [-0.39, 0.29) is 24.3 Å². The van der Waals surface area contributed by atoms with Crippen LogP contribution >= 0.6 is 0 Å². The Morgan fingerprint density at radius 2 is 1.39 bits per heavy atom. The topological polar surface area (TPSA) is 386 Å². The molecule has 75 heavy (non-hydrogen) atoms. The van der Waals surface area contributed by atoms with Crippen molar-refractivity contribution in [3.05, 3.63) is 29.8 Å². The monoisotopic (exact) mass is 1060 g/mol. The van der Waals surface area contributed by atoms with Crippen molar-refractivity contribution >= 4 is 47.4 Å². The number of aliphatic hydroxyl groups is 7. The predicted octanol–water partition coefficient (Wildman–Crippen LogP) is -2.22. The zero-order valence-electron chi connectivity index (χ0n) is 43.4. The number of urea groups is 1. The number of amides is 9. The smallest absolute Gasteiger partial charge is 0.322 e. The van der Waals surface area contributed by atoms with Crippen molar-refractivity contribution in [2.75, 3.05) is 26.8 Å². The second-order valence-electron chi connectivity index (χ2n) is 20.2. The highest BCUT2D eigenvalue weighted by Crippen LogP contribution is 2.27. The van der Waals surface area contributed by atoms with Gasteiger partial charge in [-0.3, -0.25) is 38.9 Å². The number of aromatic hydroxyl groups is 1. The van der Waals surface area contributed by atoms with E-state index in [2.05, 4.69) is 35.1 Å². The van der Waals surface area contributed by atoms with Crippen LogP contribution < -0.4 is 31.9 Å². The van der Waals surface area contributed by atoms with E-state index in [4.69, 9.17) is 4.74 Å². The van der Waals surface area contributed by atoms with Crippen LogP contribution in [0, 0.1) is 11.8 Å². The number of hydrogen-bond acceptors (Lipinski definition) is 17. The molecule has 1 aromatic rings. The van der Waals surface area contributed by atoms with Crippen molar-refractivity contribution < 1.29 is 83.9 Å². The summed E-state index contributed by atoms with van der Waals surface area (Å²) < 4.78 is 5.40. The molecule has 25 nitrogen and oxygen atoms in total. The van der Waals surface area contributed by atoms with Crippen molar-refractivity contribution in [1.29, 1.82) is 0 Å². The van der Waals surface area contributed by atoms with Crippen molar-refractivity contribution in [2.24, 2.45) is 11.8 Å². The molecular weight excluding hydrogens is 985 g/mol. The van der Waals surface area contributed by atoms with Crippen LogP contribution in [0.4, 0.5) is 4.79 Å². The lowest BCUT2D eigenvalue weighted by molar-refractivity contribution is -0.147. The third-order valence-corrected chi connectivity index (χ3v) is 14.3. The Bertz CT molecular complexity index is 2080. The van der Waals surface area contributed by atoms with E-state index in [0.717, 1.165) is 74.5 Å². The minimum atomic E-state index is -2.30. The normalized spacial score (nSPS) is 29.4. The van der Waals surface area contributed by atoms with Crippen LogP contribution in [0.25, 0.3) is 0 Å². The molecular formula is C50H80N8O17. The number of phenols is 1. The molecule has 14 N–H and O–H groups in total. The van der Waals surface area contributed by atoms with Gasteiger partial charge in [0.05, 0.1) is 24.9 Å². The second-order valence-corrected chi connectivity index (χ2v) is 20.2. The fourth-order valence-electron chi connectivity index (χ4n) is 9.50. The molecule has 0 aromatic heterocycles. The maximum atomic E-state index is 14.2. The third kappa shape index (κ3) is 17.5. The molecule has 0 aliphatic carbocycles. The average molecular weight is 1070 g/mol. The van der Waals surface area contributed by atoms with Gasteiger partial charge in [0.1, 0.15) is 60.3 Å². The van der Waals surface area contributed by atoms with Crippen molar-refractivity contribution in [3.8, 4) is 5.75 Å². The van der Waals surface area contributed by atoms with Gasteiger partial charge >= 0.3 is 6.03 Å². The van der Waals surface area contributed by atoms with Crippen LogP contribution in [0.15, 0.2) is 24.3 Å². The first kappa shape index (κ1) is 62.0. The minimum absolute atomic E-state index is 0.0381. The molecule has 15 atom stereocenters. The highest BCUT2D eigenvalue weighted by Gasteiger charge is 2.49. The predicted molar refractivity (Wildman–Crippen MR) is 266 cm³/mol. The molecule has 9 amide bonds. The SMILES string of the molecule is CCC(C)CCCCCCCCCCC(=O)N[C@H]1C[C@@H](O)[C@@H](OC)NC(=O)C2[C@@H](O)[C@@H](C)CN2C(=O)C(CO)NC(=O)C([C@H](O)C(O)c2ccc(O)cc2)NC(=O)NC(=O)[C@@H]2C[C@@H](O)CN2C(=O)[C@H]([C@@H](C)O)NC1=O. The number of methoxy groups -OCH3 is 1. The molecule has 1 aromatic carbocycles. The van der Waals surface area contributed by atoms with Crippen LogP contribution in [0.2, 0.25) is 0 Å². The largest absolute Gasteiger partial charge is 0.508 e. The van der Waals surface area contributed by atoms with E-state index >= 15 is 0 Å². The number of benzene rings is 1. The van der Waals surface area contributed by atoms with Gasteiger partial charge in [-0.05, 0) is 37.0 Å². The van der Waals surface area contributed by atoms with E-state index in [1.54, 1.807) is 0 Å². The first-order chi connectivity index (χ1) is 35.5. The van der Waals surface area contributed by atoms with Crippen LogP contribution in [0.1, 0.15) is 123 Å². The molecule has 3 saturated heterocycles. The van der Waals surface area contributed by atoms with Gasteiger partial charge in [-0.15, -0.1) is 0 Å². The number of carbonyl (C=O) groups excluding carboxylic acids is 8. The van der Waals surface area contributed by atoms with Gasteiger partial charge in [0.25, 0.3) is 5.91 Å². The van der Waals surface area contributed by atoms with Crippen molar-refractivity contribution in [1.82, 2.24) is 41.7 Å². The Morgan fingerprint density at radius 3 is 1.99 bits per heavy atom. The molecule has 0 saturated carbocycles. The van der Waals surface area contributed by atoms with E-state index in [0.29, 0.717) is 18.8 Å². The lowest BCUT2D eigenvalue weighted by Crippen LogP contribution is -2.63. The van der Waals surface area contributed by atoms with E-state index < -0.39 is 158 Å². The molecule has 0 bridgehead atoms. The molecule has 4 rings (SSSR count). The Morgan fingerprint density at radius 1 is 0.760 bits per heavy atom. The highest BCUT2D eigenvalue weighted by atomic mass is 16.5. The number of hydrogen-bond donors (Lipinski definition) is 14. The Balaban J connectivity index is 1.67. The van der Waals surface area contributed by atoms with E-state index in [9.17, 15) is 79.2 Å². The van der Waals surface area contributed by atoms with Crippen LogP contribution in [-0.4, -0.2) is 198 Å². The fraction of sp³-hybridized carbons (Fsp3) is 0.720. The number of phenolic OH excluding ortho intramolecular Hbond substituents is 1. The van der Waals surface area contributed by atoms with Crippen LogP contribution in [-0.2, 0) is 38.3 Å². The number of carbonyl (C=O) groups is 8. The summed E-state index contributed by atoms with van der Waals surface area (Å²) in [6.07, 6.45) is -3.88. The van der Waals surface area contributed by atoms with Gasteiger partial charge in [0.15, 0.2) is 6.23 Å². The Labute approximate surface area is 436 Å². The van der Waals surface area contributed by atoms with Gasteiger partial charge in [-0.2, -0.15) is 0 Å². The summed E-state index contributed by atoms with van der Waals surface area (Å²) in [6.45, 7) is 5.01. The molecule has 3 fully saturated rings. The lowest BCUT2D eigenvalue weighted by Gasteiger charge is -2.33. The summed E-state index contributed by atoms with van der Waals surface area (Å²) in [4.78, 5) is 113. The number of aliphatic hydroxyl groups excluding tert-OH is 7. The summed E-state index contributed by atoms with van der Waals surface area (Å²) in [5.41, 5.74) is -0.0829. The fourth-order valence-corrected chi connectivity index (χ4v) is 9.50. The number of nitrogens with one attached hydrogen (secondary N) is 6. The first-order valence-corrected chi connectivity index (χ1v) is 26.0. The number of imide groups is 1. The molecule has 3 aliphatic rings. The molecule has 0 radical (unpaired) electrons. The van der Waals surface area contributed by atoms with Crippen LogP contribution in [0.3, 0.4) is 0 Å². The number of rotatable bonds is 19. The number of nitrogens with zero attached hydrogens (tertiary/aromatic N) is 2. The zero-order chi connectivity index (χ0) is 55.7. The third-order valence-electron chi connectivity index (χ3n) is 14.3. The van der Waals surface area contributed by atoms with E-state index in [1.165, 1.54) is 31.9 Å². The van der Waals surface area contributed by atoms with Gasteiger partial charge in [-0.25, -0.2) is 4.79 Å². The summed E-state index contributed by atoms with van der Waals surface area (Å²) in [7, 11) is 1.08. The second kappa shape index (κ2) is 29.7. The summed E-state index contributed by atoms with van der Waals surface area (Å²) in [5.74, 6) is -8.15. The summed E-state index contributed by atoms with van der Waals surface area (Å²) in [6, 6.07) is -8.09. The van der Waals surface area contributed by atoms with Crippen molar-refractivity contribution in [2.45, 2.75) is 190 Å². The Hall–Kier alpha value is -5.54. The van der Waals surface area contributed by atoms with Gasteiger partial charge in [0.2, 0.25) is 35.4 Å². The van der Waals surface area contributed by atoms with E-state index in [1.807, 2.05) is 10.6 Å². The van der Waals surface area contributed by atoms with Gasteiger partial charge in [-0.1, -0.05) is 90.7 Å². The first-order valence-electron chi connectivity index (χ1n) is 26.0. The average Bonchev–Trinajstić information content (AvgIpc) is 3.92. The molecule has 5 unspecified atom stereocenters. The van der Waals surface area contributed by atoms with Crippen LogP contribution in [0.5, 0.6) is 5.75 Å². The number of fused-ring (bicyclic) bond motifs is 2. The molecule has 0 spiro atoms. The maximum absolute atomic E-state index is 14.2. The number of ether oxygens (including phenoxy) is 1. The standard InChI is InChI=1S/C50H80N8O17/c1-6-26(2)15-13-11-9-7-8-10-12-14-16-36(64)51-32-22-35(63)47(75-5)55-46(71)39-40(65)27(3)23-58(39)48(72)33(25-59)52-45(70)38(42(67)41(66)29-17-19-30(61)20-18-29)54-50(74)56-44(69)34-21-31(62)24-57(34)49(73)37(28(4)60)53-43(32)68/h17-20,26-28,31-35,37-42,47,59-63,65-67H,6-16,21-25H2,1-5H3,(H,51,64)(H,52,70)(H,53,68)(H,55,71)(H2,54,56,69,74)/t26?,27-,28+,31+,32-,33?,34-,35+,37-,38?,39?,40-,41?,42-,47+/m0/s1. The number of unbranched alkanes of at least 4 members (excludes halogenated alkanes) is 7. The maximum Gasteiger partial charge on any atom is 0.322 e. The molecule has 422 valence electrons. The molecule has 3 heterocycles. The quantitative estimate of drug-likeness (QED) is 0.0653.